The molecular formula is C39H40. The Hall–Kier alpha value is -3.64. The van der Waals surface area contributed by atoms with E-state index in [9.17, 15) is 0 Å². The van der Waals surface area contributed by atoms with Crippen molar-refractivity contribution in [1.82, 2.24) is 0 Å². The maximum atomic E-state index is 2.46. The SMILES string of the molecule is CC(C)c1ccc(-c2cccc3c2C=CC3C(C)(C)C2C=Cc3c(-c4ccc(C(C)C)cc4)cccc32)cc1. The van der Waals surface area contributed by atoms with Crippen LogP contribution < -0.4 is 0 Å². The Balaban J connectivity index is 1.33. The van der Waals surface area contributed by atoms with Gasteiger partial charge >= 0.3 is 0 Å². The molecule has 0 spiro atoms. The number of benzene rings is 4. The normalized spacial score (nSPS) is 17.7. The number of rotatable bonds is 6. The molecule has 0 heterocycles. The predicted molar refractivity (Wildman–Crippen MR) is 169 cm³/mol. The largest absolute Gasteiger partial charge is 0.0758 e. The summed E-state index contributed by atoms with van der Waals surface area (Å²) >= 11 is 0. The minimum absolute atomic E-state index is 0.0315. The van der Waals surface area contributed by atoms with E-state index in [1.165, 1.54) is 55.6 Å². The van der Waals surface area contributed by atoms with Gasteiger partial charge in [0.2, 0.25) is 0 Å². The third kappa shape index (κ3) is 4.41. The molecule has 0 radical (unpaired) electrons. The monoisotopic (exact) mass is 508 g/mol. The fourth-order valence-corrected chi connectivity index (χ4v) is 6.76. The van der Waals surface area contributed by atoms with E-state index >= 15 is 0 Å². The smallest absolute Gasteiger partial charge is 0.00875 e. The molecule has 0 heteroatoms. The lowest BCUT2D eigenvalue weighted by Crippen LogP contribution is -2.26. The van der Waals surface area contributed by atoms with E-state index in [1.807, 2.05) is 0 Å². The van der Waals surface area contributed by atoms with Crippen molar-refractivity contribution in [2.45, 2.75) is 65.2 Å². The van der Waals surface area contributed by atoms with Crippen molar-refractivity contribution in [3.05, 3.63) is 130 Å². The molecular weight excluding hydrogens is 468 g/mol. The summed E-state index contributed by atoms with van der Waals surface area (Å²) in [4.78, 5) is 0. The Morgan fingerprint density at radius 3 is 1.26 bits per heavy atom. The first-order valence-corrected chi connectivity index (χ1v) is 14.6. The van der Waals surface area contributed by atoms with E-state index in [2.05, 4.69) is 151 Å². The molecule has 0 aliphatic heterocycles. The van der Waals surface area contributed by atoms with Crippen LogP contribution in [0.2, 0.25) is 0 Å². The molecule has 0 N–H and O–H groups in total. The summed E-state index contributed by atoms with van der Waals surface area (Å²) in [5.74, 6) is 1.81. The van der Waals surface area contributed by atoms with E-state index < -0.39 is 0 Å². The third-order valence-corrected chi connectivity index (χ3v) is 9.24. The van der Waals surface area contributed by atoms with Crippen LogP contribution in [0.5, 0.6) is 0 Å². The maximum Gasteiger partial charge on any atom is 0.00875 e. The highest BCUT2D eigenvalue weighted by Crippen LogP contribution is 2.55. The number of hydrogen-bond donors (Lipinski definition) is 0. The molecule has 0 fully saturated rings. The van der Waals surface area contributed by atoms with E-state index in [1.54, 1.807) is 0 Å². The summed E-state index contributed by atoms with van der Waals surface area (Å²) in [5.41, 5.74) is 13.8. The summed E-state index contributed by atoms with van der Waals surface area (Å²) in [5, 5.41) is 0. The first-order chi connectivity index (χ1) is 18.8. The summed E-state index contributed by atoms with van der Waals surface area (Å²) < 4.78 is 0. The Bertz CT molecular complexity index is 1440. The lowest BCUT2D eigenvalue weighted by atomic mass is 9.66. The van der Waals surface area contributed by atoms with Gasteiger partial charge in [0.15, 0.2) is 0 Å². The van der Waals surface area contributed by atoms with Gasteiger partial charge in [-0.25, -0.2) is 0 Å². The Morgan fingerprint density at radius 2 is 0.897 bits per heavy atom. The van der Waals surface area contributed by atoms with Crippen LogP contribution in [0, 0.1) is 5.41 Å². The average molecular weight is 509 g/mol. The molecule has 4 aromatic carbocycles. The van der Waals surface area contributed by atoms with Crippen molar-refractivity contribution in [2.24, 2.45) is 5.41 Å². The van der Waals surface area contributed by atoms with Crippen molar-refractivity contribution in [3.8, 4) is 22.3 Å². The Labute approximate surface area is 235 Å². The van der Waals surface area contributed by atoms with Gasteiger partial charge in [0, 0.05) is 11.8 Å². The molecule has 2 atom stereocenters. The fraction of sp³-hybridized carbons (Fsp3) is 0.282. The van der Waals surface area contributed by atoms with Crippen molar-refractivity contribution < 1.29 is 0 Å². The van der Waals surface area contributed by atoms with Gasteiger partial charge in [-0.05, 0) is 72.9 Å². The number of fused-ring (bicyclic) bond motifs is 2. The standard InChI is InChI=1S/C39H40/c1-25(2)27-13-17-29(18-14-27)31-9-7-11-35-33(31)21-23-37(35)39(5,6)38-24-22-34-32(10-8-12-36(34)38)30-19-15-28(16-20-30)26(3)4/h7-26,37-38H,1-6H3. The fourth-order valence-electron chi connectivity index (χ4n) is 6.76. The van der Waals surface area contributed by atoms with Crippen LogP contribution in [0.25, 0.3) is 34.4 Å². The highest BCUT2D eigenvalue weighted by molar-refractivity contribution is 5.82. The zero-order chi connectivity index (χ0) is 27.3. The van der Waals surface area contributed by atoms with Crippen LogP contribution >= 0.6 is 0 Å². The van der Waals surface area contributed by atoms with Crippen LogP contribution in [0.15, 0.2) is 97.1 Å². The average Bonchev–Trinajstić information content (AvgIpc) is 3.59. The van der Waals surface area contributed by atoms with Crippen LogP contribution in [0.1, 0.15) is 98.6 Å². The highest BCUT2D eigenvalue weighted by Gasteiger charge is 2.41. The first kappa shape index (κ1) is 25.6. The molecule has 0 aromatic heterocycles. The summed E-state index contributed by atoms with van der Waals surface area (Å²) in [6.07, 6.45) is 9.66. The lowest BCUT2D eigenvalue weighted by molar-refractivity contribution is 0.292. The molecule has 0 bridgehead atoms. The Morgan fingerprint density at radius 1 is 0.513 bits per heavy atom. The predicted octanol–water partition coefficient (Wildman–Crippen LogP) is 11.2. The van der Waals surface area contributed by atoms with E-state index in [4.69, 9.17) is 0 Å². The minimum atomic E-state index is 0.0315. The van der Waals surface area contributed by atoms with Gasteiger partial charge in [0.05, 0.1) is 0 Å². The quantitative estimate of drug-likeness (QED) is 0.243. The first-order valence-electron chi connectivity index (χ1n) is 14.6. The zero-order valence-electron chi connectivity index (χ0n) is 24.2. The van der Waals surface area contributed by atoms with Gasteiger partial charge in [0.1, 0.15) is 0 Å². The molecule has 196 valence electrons. The van der Waals surface area contributed by atoms with Gasteiger partial charge in [-0.3, -0.25) is 0 Å². The molecule has 0 saturated carbocycles. The molecule has 0 nitrogen and oxygen atoms in total. The molecule has 39 heavy (non-hydrogen) atoms. The van der Waals surface area contributed by atoms with Gasteiger partial charge in [0.25, 0.3) is 0 Å². The molecule has 2 aliphatic rings. The zero-order valence-corrected chi connectivity index (χ0v) is 24.2. The van der Waals surface area contributed by atoms with Crippen molar-refractivity contribution in [3.63, 3.8) is 0 Å². The molecule has 0 amide bonds. The Kier molecular flexibility index (Phi) is 6.46. The summed E-state index contributed by atoms with van der Waals surface area (Å²) in [6, 6.07) is 32.1. The van der Waals surface area contributed by atoms with Gasteiger partial charge < -0.3 is 0 Å². The van der Waals surface area contributed by atoms with E-state index in [-0.39, 0.29) is 5.41 Å². The topological polar surface area (TPSA) is 0 Å². The summed E-state index contributed by atoms with van der Waals surface area (Å²) in [6.45, 7) is 13.9. The minimum Gasteiger partial charge on any atom is -0.0758 e. The second-order valence-electron chi connectivity index (χ2n) is 12.7. The number of allylic oxidation sites excluding steroid dienone is 2. The number of hydrogen-bond acceptors (Lipinski definition) is 0. The molecule has 6 rings (SSSR count). The molecule has 0 saturated heterocycles. The third-order valence-electron chi connectivity index (χ3n) is 9.24. The summed E-state index contributed by atoms with van der Waals surface area (Å²) in [7, 11) is 0. The lowest BCUT2D eigenvalue weighted by Gasteiger charge is -2.37. The van der Waals surface area contributed by atoms with Crippen molar-refractivity contribution >= 4 is 12.2 Å². The van der Waals surface area contributed by atoms with Gasteiger partial charge in [-0.15, -0.1) is 0 Å². The maximum absolute atomic E-state index is 2.46. The van der Waals surface area contributed by atoms with Crippen LogP contribution in [-0.4, -0.2) is 0 Å². The van der Waals surface area contributed by atoms with Gasteiger partial charge in [-0.2, -0.15) is 0 Å². The second kappa shape index (κ2) is 9.83. The van der Waals surface area contributed by atoms with Crippen molar-refractivity contribution in [1.29, 1.82) is 0 Å². The second-order valence-corrected chi connectivity index (χ2v) is 12.7. The van der Waals surface area contributed by atoms with Crippen molar-refractivity contribution in [2.75, 3.05) is 0 Å². The molecule has 2 unspecified atom stereocenters. The van der Waals surface area contributed by atoms with Crippen LogP contribution in [0.4, 0.5) is 0 Å². The van der Waals surface area contributed by atoms with Crippen LogP contribution in [-0.2, 0) is 0 Å². The van der Waals surface area contributed by atoms with E-state index in [0.717, 1.165) is 0 Å². The van der Waals surface area contributed by atoms with E-state index in [0.29, 0.717) is 23.7 Å². The molecule has 2 aliphatic carbocycles. The molecule has 4 aromatic rings. The van der Waals surface area contributed by atoms with Gasteiger partial charge in [-0.1, -0.05) is 151 Å². The highest BCUT2D eigenvalue weighted by atomic mass is 14.4. The van der Waals surface area contributed by atoms with Crippen LogP contribution in [0.3, 0.4) is 0 Å².